The summed E-state index contributed by atoms with van der Waals surface area (Å²) in [7, 11) is 0. The number of nitrogens with zero attached hydrogens (tertiary/aromatic N) is 1. The van der Waals surface area contributed by atoms with Gasteiger partial charge in [-0.15, -0.1) is 0 Å². The molecule has 2 rings (SSSR count). The zero-order chi connectivity index (χ0) is 13.3. The number of hydrogen-bond donors (Lipinski definition) is 1. The van der Waals surface area contributed by atoms with Gasteiger partial charge in [-0.1, -0.05) is 13.8 Å². The first-order valence-corrected chi connectivity index (χ1v) is 6.32. The third-order valence-electron chi connectivity index (χ3n) is 3.19. The lowest BCUT2D eigenvalue weighted by molar-refractivity contribution is -0.118. The maximum Gasteiger partial charge on any atom is 0.244 e. The van der Waals surface area contributed by atoms with Gasteiger partial charge in [0.2, 0.25) is 5.91 Å². The third-order valence-corrected chi connectivity index (χ3v) is 3.19. The average molecular weight is 250 g/mol. The van der Waals surface area contributed by atoms with E-state index in [-0.39, 0.29) is 23.8 Å². The largest absolute Gasteiger partial charge is 0.311 e. The van der Waals surface area contributed by atoms with Crippen LogP contribution in [-0.2, 0) is 4.79 Å². The van der Waals surface area contributed by atoms with E-state index < -0.39 is 0 Å². The molecule has 0 bridgehead atoms. The van der Waals surface area contributed by atoms with Gasteiger partial charge < -0.3 is 10.2 Å². The summed E-state index contributed by atoms with van der Waals surface area (Å²) < 4.78 is 13.1. The zero-order valence-corrected chi connectivity index (χ0v) is 11.0. The van der Waals surface area contributed by atoms with Crippen molar-refractivity contribution in [3.63, 3.8) is 0 Å². The highest BCUT2D eigenvalue weighted by Crippen LogP contribution is 2.25. The second kappa shape index (κ2) is 5.06. The molecule has 4 heteroatoms. The van der Waals surface area contributed by atoms with E-state index in [1.165, 1.54) is 12.1 Å². The summed E-state index contributed by atoms with van der Waals surface area (Å²) >= 11 is 0. The van der Waals surface area contributed by atoms with Crippen LogP contribution in [0, 0.1) is 12.7 Å². The van der Waals surface area contributed by atoms with Crippen LogP contribution in [0.3, 0.4) is 0 Å². The van der Waals surface area contributed by atoms with Gasteiger partial charge in [0.25, 0.3) is 0 Å². The predicted octanol–water partition coefficient (Wildman–Crippen LogP) is 2.24. The maximum atomic E-state index is 13.1. The second-order valence-electron chi connectivity index (χ2n) is 5.08. The molecular formula is C14H19FN2O. The van der Waals surface area contributed by atoms with Crippen molar-refractivity contribution in [1.29, 1.82) is 0 Å². The van der Waals surface area contributed by atoms with Crippen molar-refractivity contribution in [2.24, 2.45) is 0 Å². The van der Waals surface area contributed by atoms with E-state index in [0.29, 0.717) is 6.54 Å². The number of rotatable bonds is 3. The minimum Gasteiger partial charge on any atom is -0.311 e. The number of carbonyl (C=O) groups excluding carboxylic acids is 1. The summed E-state index contributed by atoms with van der Waals surface area (Å²) in [4.78, 5) is 14.0. The fraction of sp³-hybridized carbons (Fsp3) is 0.500. The predicted molar refractivity (Wildman–Crippen MR) is 70.2 cm³/mol. The molecule has 1 atom stereocenters. The molecule has 1 saturated heterocycles. The van der Waals surface area contributed by atoms with Crippen molar-refractivity contribution in [2.45, 2.75) is 39.3 Å². The average Bonchev–Trinajstić information content (AvgIpc) is 2.60. The first-order valence-electron chi connectivity index (χ1n) is 6.32. The fourth-order valence-electron chi connectivity index (χ4n) is 2.40. The van der Waals surface area contributed by atoms with Crippen LogP contribution >= 0.6 is 0 Å². The van der Waals surface area contributed by atoms with Gasteiger partial charge in [-0.2, -0.15) is 0 Å². The van der Waals surface area contributed by atoms with Crippen LogP contribution in [-0.4, -0.2) is 24.5 Å². The van der Waals surface area contributed by atoms with Crippen LogP contribution in [0.25, 0.3) is 0 Å². The lowest BCUT2D eigenvalue weighted by atomic mass is 10.2. The molecule has 1 heterocycles. The minimum atomic E-state index is -0.264. The van der Waals surface area contributed by atoms with E-state index >= 15 is 0 Å². The topological polar surface area (TPSA) is 32.3 Å². The molecular weight excluding hydrogens is 231 g/mol. The van der Waals surface area contributed by atoms with Crippen LogP contribution < -0.4 is 10.2 Å². The van der Waals surface area contributed by atoms with Gasteiger partial charge in [0.1, 0.15) is 5.82 Å². The number of aryl methyl sites for hydroxylation is 1. The Morgan fingerprint density at radius 3 is 2.78 bits per heavy atom. The quantitative estimate of drug-likeness (QED) is 0.892. The van der Waals surface area contributed by atoms with Crippen LogP contribution in [0.2, 0.25) is 0 Å². The van der Waals surface area contributed by atoms with Crippen LogP contribution in [0.4, 0.5) is 10.1 Å². The number of hydrogen-bond acceptors (Lipinski definition) is 2. The summed E-state index contributed by atoms with van der Waals surface area (Å²) in [5.41, 5.74) is 1.61. The first-order chi connectivity index (χ1) is 8.49. The highest BCUT2D eigenvalue weighted by Gasteiger charge is 2.33. The lowest BCUT2D eigenvalue weighted by Gasteiger charge is -2.20. The van der Waals surface area contributed by atoms with E-state index in [0.717, 1.165) is 17.7 Å². The SMILES string of the molecule is Cc1cc(F)ccc1N1CCC(NC(C)C)C1=O. The second-order valence-corrected chi connectivity index (χ2v) is 5.08. The number of nitrogens with one attached hydrogen (secondary N) is 1. The molecule has 1 fully saturated rings. The molecule has 1 N–H and O–H groups in total. The van der Waals surface area contributed by atoms with Gasteiger partial charge in [-0.25, -0.2) is 4.39 Å². The molecule has 98 valence electrons. The molecule has 1 amide bonds. The van der Waals surface area contributed by atoms with Crippen molar-refractivity contribution in [2.75, 3.05) is 11.4 Å². The highest BCUT2D eigenvalue weighted by molar-refractivity contribution is 6.00. The highest BCUT2D eigenvalue weighted by atomic mass is 19.1. The molecule has 1 unspecified atom stereocenters. The van der Waals surface area contributed by atoms with Gasteiger partial charge in [-0.05, 0) is 37.1 Å². The molecule has 1 aliphatic heterocycles. The summed E-state index contributed by atoms with van der Waals surface area (Å²) in [5, 5.41) is 3.26. The Bertz CT molecular complexity index is 459. The molecule has 0 radical (unpaired) electrons. The van der Waals surface area contributed by atoms with Crippen molar-refractivity contribution in [1.82, 2.24) is 5.32 Å². The van der Waals surface area contributed by atoms with Gasteiger partial charge in [-0.3, -0.25) is 4.79 Å². The Labute approximate surface area is 107 Å². The Kier molecular flexibility index (Phi) is 3.66. The van der Waals surface area contributed by atoms with Crippen molar-refractivity contribution in [3.05, 3.63) is 29.6 Å². The van der Waals surface area contributed by atoms with Crippen LogP contribution in [0.5, 0.6) is 0 Å². The van der Waals surface area contributed by atoms with Crippen molar-refractivity contribution in [3.8, 4) is 0 Å². The molecule has 1 aromatic rings. The normalized spacial score (nSPS) is 19.9. The number of halogens is 1. The Morgan fingerprint density at radius 1 is 1.44 bits per heavy atom. The smallest absolute Gasteiger partial charge is 0.244 e. The molecule has 0 aliphatic carbocycles. The lowest BCUT2D eigenvalue weighted by Crippen LogP contribution is -2.41. The third kappa shape index (κ3) is 2.53. The van der Waals surface area contributed by atoms with Crippen molar-refractivity contribution < 1.29 is 9.18 Å². The minimum absolute atomic E-state index is 0.0819. The maximum absolute atomic E-state index is 13.1. The number of anilines is 1. The number of carbonyl (C=O) groups is 1. The van der Waals surface area contributed by atoms with Gasteiger partial charge in [0.05, 0.1) is 6.04 Å². The monoisotopic (exact) mass is 250 g/mol. The summed E-state index contributed by atoms with van der Waals surface area (Å²) in [6, 6.07) is 4.72. The van der Waals surface area contributed by atoms with Gasteiger partial charge in [0, 0.05) is 18.3 Å². The Morgan fingerprint density at radius 2 is 2.17 bits per heavy atom. The molecule has 1 aliphatic rings. The Balaban J connectivity index is 2.18. The van der Waals surface area contributed by atoms with E-state index in [9.17, 15) is 9.18 Å². The standard InChI is InChI=1S/C14H19FN2O/c1-9(2)16-12-6-7-17(14(12)18)13-5-4-11(15)8-10(13)3/h4-5,8-9,12,16H,6-7H2,1-3H3. The zero-order valence-electron chi connectivity index (χ0n) is 11.0. The summed E-state index contributed by atoms with van der Waals surface area (Å²) in [6.45, 7) is 6.57. The van der Waals surface area contributed by atoms with E-state index in [4.69, 9.17) is 0 Å². The van der Waals surface area contributed by atoms with Crippen molar-refractivity contribution >= 4 is 11.6 Å². The summed E-state index contributed by atoms with van der Waals surface area (Å²) in [5.74, 6) is -0.182. The molecule has 0 spiro atoms. The van der Waals surface area contributed by atoms with E-state index in [1.807, 2.05) is 20.8 Å². The molecule has 1 aromatic carbocycles. The van der Waals surface area contributed by atoms with Gasteiger partial charge >= 0.3 is 0 Å². The van der Waals surface area contributed by atoms with E-state index in [1.54, 1.807) is 11.0 Å². The number of benzene rings is 1. The molecule has 0 aromatic heterocycles. The van der Waals surface area contributed by atoms with Crippen LogP contribution in [0.1, 0.15) is 25.8 Å². The van der Waals surface area contributed by atoms with E-state index in [2.05, 4.69) is 5.32 Å². The molecule has 3 nitrogen and oxygen atoms in total. The molecule has 0 saturated carbocycles. The summed E-state index contributed by atoms with van der Waals surface area (Å²) in [6.07, 6.45) is 0.799. The van der Waals surface area contributed by atoms with Crippen LogP contribution in [0.15, 0.2) is 18.2 Å². The number of amides is 1. The van der Waals surface area contributed by atoms with Gasteiger partial charge in [0.15, 0.2) is 0 Å². The first kappa shape index (κ1) is 13.0. The fourth-order valence-corrected chi connectivity index (χ4v) is 2.40. The molecule has 18 heavy (non-hydrogen) atoms. The Hall–Kier alpha value is -1.42.